The third-order valence-corrected chi connectivity index (χ3v) is 7.02. The zero-order valence-electron chi connectivity index (χ0n) is 19.1. The maximum Gasteiger partial charge on any atom is 0.231 e. The van der Waals surface area contributed by atoms with E-state index in [1.54, 1.807) is 0 Å². The monoisotopic (exact) mass is 457 g/mol. The van der Waals surface area contributed by atoms with Crippen molar-refractivity contribution in [1.82, 2.24) is 20.0 Å². The third kappa shape index (κ3) is 5.37. The molecule has 0 amide bonds. The Morgan fingerprint density at radius 1 is 1.00 bits per heavy atom. The SMILES string of the molecule is CCCCN(c1nc(Cl)nc(Cl)n1)C1CCC(C)(C)N(OC2CCCCC2)C1(C)C. The van der Waals surface area contributed by atoms with Crippen LogP contribution in [0.4, 0.5) is 5.95 Å². The van der Waals surface area contributed by atoms with Crippen molar-refractivity contribution >= 4 is 29.2 Å². The van der Waals surface area contributed by atoms with Gasteiger partial charge in [0.2, 0.25) is 16.5 Å². The summed E-state index contributed by atoms with van der Waals surface area (Å²) in [7, 11) is 0. The first-order valence-corrected chi connectivity index (χ1v) is 12.2. The van der Waals surface area contributed by atoms with Gasteiger partial charge in [-0.2, -0.15) is 20.0 Å². The lowest BCUT2D eigenvalue weighted by Gasteiger charge is -2.58. The highest BCUT2D eigenvalue weighted by atomic mass is 35.5. The first kappa shape index (κ1) is 24.0. The summed E-state index contributed by atoms with van der Waals surface area (Å²) in [4.78, 5) is 21.8. The van der Waals surface area contributed by atoms with E-state index in [0.717, 1.165) is 45.1 Å². The Bertz CT molecular complexity index is 689. The average molecular weight is 458 g/mol. The molecule has 1 aromatic rings. The molecular formula is C22H37Cl2N5O. The molecule has 1 aliphatic heterocycles. The summed E-state index contributed by atoms with van der Waals surface area (Å²) in [5.41, 5.74) is -0.277. The molecule has 0 aromatic carbocycles. The van der Waals surface area contributed by atoms with Crippen molar-refractivity contribution < 1.29 is 4.84 Å². The quantitative estimate of drug-likeness (QED) is 0.494. The number of halogens is 2. The molecule has 1 saturated heterocycles. The average Bonchev–Trinajstić information content (AvgIpc) is 2.67. The number of hydrogen-bond donors (Lipinski definition) is 0. The minimum atomic E-state index is -0.238. The smallest absolute Gasteiger partial charge is 0.231 e. The maximum absolute atomic E-state index is 6.73. The maximum atomic E-state index is 6.73. The Balaban J connectivity index is 1.92. The Hall–Kier alpha value is -0.690. The second-order valence-electron chi connectivity index (χ2n) is 9.90. The van der Waals surface area contributed by atoms with E-state index in [4.69, 9.17) is 28.0 Å². The van der Waals surface area contributed by atoms with Crippen molar-refractivity contribution in [3.8, 4) is 0 Å². The van der Waals surface area contributed by atoms with Gasteiger partial charge in [-0.1, -0.05) is 32.6 Å². The highest BCUT2D eigenvalue weighted by Gasteiger charge is 2.51. The zero-order chi connectivity index (χ0) is 21.9. The summed E-state index contributed by atoms with van der Waals surface area (Å²) in [5, 5.41) is 2.56. The summed E-state index contributed by atoms with van der Waals surface area (Å²) < 4.78 is 0. The van der Waals surface area contributed by atoms with Crippen molar-refractivity contribution in [1.29, 1.82) is 0 Å². The van der Waals surface area contributed by atoms with Crippen LogP contribution in [-0.4, -0.2) is 49.8 Å². The van der Waals surface area contributed by atoms with Crippen LogP contribution in [0, 0.1) is 0 Å². The number of piperidine rings is 1. The number of aromatic nitrogens is 3. The first-order chi connectivity index (χ1) is 14.1. The number of anilines is 1. The highest BCUT2D eigenvalue weighted by Crippen LogP contribution is 2.43. The number of hydroxylamine groups is 2. The van der Waals surface area contributed by atoms with E-state index in [1.165, 1.54) is 19.3 Å². The molecule has 1 aliphatic carbocycles. The molecule has 0 bridgehead atoms. The molecular weight excluding hydrogens is 421 g/mol. The molecule has 1 atom stereocenters. The van der Waals surface area contributed by atoms with Crippen LogP contribution < -0.4 is 4.90 Å². The van der Waals surface area contributed by atoms with Crippen LogP contribution >= 0.6 is 23.2 Å². The van der Waals surface area contributed by atoms with E-state index in [9.17, 15) is 0 Å². The van der Waals surface area contributed by atoms with Crippen LogP contribution in [-0.2, 0) is 4.84 Å². The molecule has 0 N–H and O–H groups in total. The van der Waals surface area contributed by atoms with Crippen molar-refractivity contribution in [2.45, 2.75) is 116 Å². The molecule has 170 valence electrons. The lowest BCUT2D eigenvalue weighted by atomic mass is 9.77. The van der Waals surface area contributed by atoms with Crippen LogP contribution in [0.15, 0.2) is 0 Å². The summed E-state index contributed by atoms with van der Waals surface area (Å²) in [5.74, 6) is 0.559. The third-order valence-electron chi connectivity index (χ3n) is 6.68. The van der Waals surface area contributed by atoms with Gasteiger partial charge in [-0.3, -0.25) is 4.84 Å². The van der Waals surface area contributed by atoms with Gasteiger partial charge >= 0.3 is 0 Å². The number of unbranched alkanes of at least 4 members (excludes halogenated alkanes) is 1. The van der Waals surface area contributed by atoms with E-state index in [0.29, 0.717) is 12.1 Å². The molecule has 0 spiro atoms. The van der Waals surface area contributed by atoms with Gasteiger partial charge in [-0.05, 0) is 83.0 Å². The van der Waals surface area contributed by atoms with Gasteiger partial charge in [0.05, 0.1) is 17.7 Å². The number of hydrogen-bond acceptors (Lipinski definition) is 6. The van der Waals surface area contributed by atoms with Gasteiger partial charge in [0.15, 0.2) is 0 Å². The predicted octanol–water partition coefficient (Wildman–Crippen LogP) is 6.07. The molecule has 2 heterocycles. The topological polar surface area (TPSA) is 54.4 Å². The standard InChI is InChI=1S/C22H37Cl2N5O/c1-6-7-15-28(20-26-18(23)25-19(24)27-20)17-13-14-21(2,3)29(22(17,4)5)30-16-11-9-8-10-12-16/h16-17H,6-15H2,1-5H3. The molecule has 1 saturated carbocycles. The fraction of sp³-hybridized carbons (Fsp3) is 0.864. The Morgan fingerprint density at radius 3 is 2.23 bits per heavy atom. The fourth-order valence-electron chi connectivity index (χ4n) is 5.16. The van der Waals surface area contributed by atoms with Crippen molar-refractivity contribution in [2.24, 2.45) is 0 Å². The van der Waals surface area contributed by atoms with Gasteiger partial charge < -0.3 is 4.90 Å². The normalized spacial score (nSPS) is 24.7. The molecule has 2 fully saturated rings. The summed E-state index contributed by atoms with van der Waals surface area (Å²) >= 11 is 12.3. The van der Waals surface area contributed by atoms with Crippen LogP contribution in [0.2, 0.25) is 10.6 Å². The van der Waals surface area contributed by atoms with Gasteiger partial charge in [0, 0.05) is 12.1 Å². The van der Waals surface area contributed by atoms with E-state index in [2.05, 4.69) is 59.5 Å². The van der Waals surface area contributed by atoms with Gasteiger partial charge in [0.25, 0.3) is 0 Å². The largest absolute Gasteiger partial charge is 0.336 e. The van der Waals surface area contributed by atoms with Crippen LogP contribution in [0.5, 0.6) is 0 Å². The fourth-order valence-corrected chi connectivity index (χ4v) is 5.52. The number of nitrogens with zero attached hydrogens (tertiary/aromatic N) is 5. The van der Waals surface area contributed by atoms with Crippen molar-refractivity contribution in [3.05, 3.63) is 10.6 Å². The van der Waals surface area contributed by atoms with E-state index in [-0.39, 0.29) is 27.7 Å². The second kappa shape index (κ2) is 9.85. The minimum absolute atomic E-state index is 0.0394. The van der Waals surface area contributed by atoms with E-state index < -0.39 is 0 Å². The Morgan fingerprint density at radius 2 is 1.63 bits per heavy atom. The first-order valence-electron chi connectivity index (χ1n) is 11.5. The van der Waals surface area contributed by atoms with Gasteiger partial charge in [-0.25, -0.2) is 0 Å². The Labute approximate surface area is 191 Å². The van der Waals surface area contributed by atoms with E-state index >= 15 is 0 Å². The molecule has 30 heavy (non-hydrogen) atoms. The summed E-state index contributed by atoms with van der Waals surface area (Å²) in [6.07, 6.45) is 10.6. The molecule has 3 rings (SSSR count). The highest BCUT2D eigenvalue weighted by molar-refractivity contribution is 6.31. The Kier molecular flexibility index (Phi) is 7.86. The summed E-state index contributed by atoms with van der Waals surface area (Å²) in [6, 6.07) is 0.176. The van der Waals surface area contributed by atoms with Gasteiger partial charge in [-0.15, -0.1) is 0 Å². The summed E-state index contributed by atoms with van der Waals surface area (Å²) in [6.45, 7) is 12.2. The van der Waals surface area contributed by atoms with Crippen molar-refractivity contribution in [3.63, 3.8) is 0 Å². The minimum Gasteiger partial charge on any atom is -0.336 e. The molecule has 8 heteroatoms. The van der Waals surface area contributed by atoms with E-state index in [1.807, 2.05) is 0 Å². The van der Waals surface area contributed by atoms with Crippen LogP contribution in [0.1, 0.15) is 92.4 Å². The van der Waals surface area contributed by atoms with Crippen LogP contribution in [0.3, 0.4) is 0 Å². The van der Waals surface area contributed by atoms with Crippen molar-refractivity contribution in [2.75, 3.05) is 11.4 Å². The zero-order valence-corrected chi connectivity index (χ0v) is 20.6. The molecule has 2 aliphatic rings. The molecule has 1 aromatic heterocycles. The molecule has 1 unspecified atom stereocenters. The predicted molar refractivity (Wildman–Crippen MR) is 123 cm³/mol. The molecule has 0 radical (unpaired) electrons. The second-order valence-corrected chi connectivity index (χ2v) is 10.6. The van der Waals surface area contributed by atoms with Crippen LogP contribution in [0.25, 0.3) is 0 Å². The van der Waals surface area contributed by atoms with Gasteiger partial charge in [0.1, 0.15) is 0 Å². The number of rotatable bonds is 7. The lowest BCUT2D eigenvalue weighted by Crippen LogP contribution is -2.69. The lowest BCUT2D eigenvalue weighted by molar-refractivity contribution is -0.311. The molecule has 6 nitrogen and oxygen atoms in total.